The highest BCUT2D eigenvalue weighted by molar-refractivity contribution is 6.26. The summed E-state index contributed by atoms with van der Waals surface area (Å²) in [6.45, 7) is 3.46. The van der Waals surface area contributed by atoms with Crippen LogP contribution in [0, 0.1) is 11.8 Å². The number of carbonyl (C=O) groups is 4. The Balaban J connectivity index is 1.34. The van der Waals surface area contributed by atoms with Gasteiger partial charge in [-0.05, 0) is 60.4 Å². The van der Waals surface area contributed by atoms with Crippen molar-refractivity contribution in [3.8, 4) is 0 Å². The predicted molar refractivity (Wildman–Crippen MR) is 155 cm³/mol. The quantitative estimate of drug-likeness (QED) is 0.283. The molecule has 3 aliphatic rings. The van der Waals surface area contributed by atoms with Crippen molar-refractivity contribution in [3.05, 3.63) is 89.6 Å². The second-order valence-corrected chi connectivity index (χ2v) is 11.1. The topological polar surface area (TPSA) is 123 Å². The molecule has 7 rings (SSSR count). The maximum Gasteiger partial charge on any atom is 0.250 e. The molecule has 4 amide bonds. The first-order valence-electron chi connectivity index (χ1n) is 13.8. The zero-order valence-corrected chi connectivity index (χ0v) is 22.7. The highest BCUT2D eigenvalue weighted by atomic mass is 16.2. The third kappa shape index (κ3) is 3.65. The number of fused-ring (bicyclic) bond motifs is 5. The predicted octanol–water partition coefficient (Wildman–Crippen LogP) is 3.86. The largest absolute Gasteiger partial charge is 0.361 e. The molecule has 2 fully saturated rings. The van der Waals surface area contributed by atoms with Gasteiger partial charge in [0.15, 0.2) is 0 Å². The number of amides is 4. The molecule has 0 aliphatic carbocycles. The lowest BCUT2D eigenvalue weighted by Gasteiger charge is -2.30. The second kappa shape index (κ2) is 9.14. The standard InChI is InChI=1S/C32H29N5O4/c1-3-18-8-13-25-23(14-18)32(31(41)35-25)28-27(26(36-32)15-19-16-33-24-7-5-4-6-22(19)24)29(39)37(30(28)40)21-11-9-20(10-12-21)34-17(2)38/h4-14,16,26-28,33,36H,3,15H2,1-2H3,(H,34,38)(H,35,41). The third-order valence-electron chi connectivity index (χ3n) is 8.75. The monoisotopic (exact) mass is 547 g/mol. The van der Waals surface area contributed by atoms with Crippen LogP contribution in [0.3, 0.4) is 0 Å². The molecule has 0 radical (unpaired) electrons. The summed E-state index contributed by atoms with van der Waals surface area (Å²) in [6, 6.07) is 19.9. The Morgan fingerprint density at radius 3 is 2.54 bits per heavy atom. The molecule has 4 heterocycles. The van der Waals surface area contributed by atoms with Crippen LogP contribution in [0.4, 0.5) is 17.1 Å². The van der Waals surface area contributed by atoms with Crippen LogP contribution in [0.25, 0.3) is 10.9 Å². The average molecular weight is 548 g/mol. The van der Waals surface area contributed by atoms with Crippen LogP contribution in [0.1, 0.15) is 30.5 Å². The number of benzene rings is 3. The zero-order valence-electron chi connectivity index (χ0n) is 22.7. The molecule has 9 nitrogen and oxygen atoms in total. The van der Waals surface area contributed by atoms with Gasteiger partial charge in [0.25, 0.3) is 0 Å². The number of nitrogens with zero attached hydrogens (tertiary/aromatic N) is 1. The minimum atomic E-state index is -1.38. The van der Waals surface area contributed by atoms with Crippen molar-refractivity contribution in [1.29, 1.82) is 0 Å². The number of hydrogen-bond acceptors (Lipinski definition) is 5. The van der Waals surface area contributed by atoms with Crippen molar-refractivity contribution in [2.75, 3.05) is 15.5 Å². The normalized spacial score (nSPS) is 24.7. The molecule has 206 valence electrons. The van der Waals surface area contributed by atoms with Gasteiger partial charge in [-0.25, -0.2) is 4.90 Å². The van der Waals surface area contributed by atoms with Gasteiger partial charge in [-0.1, -0.05) is 37.3 Å². The van der Waals surface area contributed by atoms with E-state index >= 15 is 0 Å². The average Bonchev–Trinajstić information content (AvgIpc) is 3.67. The summed E-state index contributed by atoms with van der Waals surface area (Å²) in [4.78, 5) is 58.4. The fourth-order valence-electron chi connectivity index (χ4n) is 6.93. The number of para-hydroxylation sites is 1. The van der Waals surface area contributed by atoms with Crippen LogP contribution in [-0.2, 0) is 37.6 Å². The van der Waals surface area contributed by atoms with Crippen molar-refractivity contribution in [2.45, 2.75) is 38.3 Å². The summed E-state index contributed by atoms with van der Waals surface area (Å²) in [7, 11) is 0. The maximum atomic E-state index is 14.3. The minimum Gasteiger partial charge on any atom is -0.361 e. The molecule has 4 aromatic rings. The number of rotatable bonds is 5. The van der Waals surface area contributed by atoms with E-state index in [9.17, 15) is 19.2 Å². The van der Waals surface area contributed by atoms with Crippen LogP contribution < -0.4 is 20.9 Å². The van der Waals surface area contributed by atoms with E-state index < -0.39 is 29.3 Å². The lowest BCUT2D eigenvalue weighted by molar-refractivity contribution is -0.130. The van der Waals surface area contributed by atoms with Gasteiger partial charge in [-0.2, -0.15) is 0 Å². The molecule has 3 aliphatic heterocycles. The van der Waals surface area contributed by atoms with Gasteiger partial charge >= 0.3 is 0 Å². The molecular formula is C32H29N5O4. The van der Waals surface area contributed by atoms with E-state index in [1.807, 2.05) is 55.6 Å². The zero-order chi connectivity index (χ0) is 28.5. The molecule has 0 saturated carbocycles. The van der Waals surface area contributed by atoms with Crippen LogP contribution in [0.5, 0.6) is 0 Å². The number of hydrogen-bond donors (Lipinski definition) is 4. The van der Waals surface area contributed by atoms with Crippen LogP contribution in [0.2, 0.25) is 0 Å². The number of aryl methyl sites for hydroxylation is 1. The summed E-state index contributed by atoms with van der Waals surface area (Å²) in [5, 5.41) is 10.3. The van der Waals surface area contributed by atoms with Crippen molar-refractivity contribution in [3.63, 3.8) is 0 Å². The number of anilines is 3. The molecule has 4 unspecified atom stereocenters. The lowest BCUT2D eigenvalue weighted by atomic mass is 9.76. The summed E-state index contributed by atoms with van der Waals surface area (Å²) in [5.74, 6) is -2.96. The highest BCUT2D eigenvalue weighted by Gasteiger charge is 2.70. The van der Waals surface area contributed by atoms with Gasteiger partial charge in [-0.15, -0.1) is 0 Å². The smallest absolute Gasteiger partial charge is 0.250 e. The van der Waals surface area contributed by atoms with Crippen molar-refractivity contribution >= 4 is 51.6 Å². The lowest BCUT2D eigenvalue weighted by Crippen LogP contribution is -2.53. The third-order valence-corrected chi connectivity index (χ3v) is 8.75. The van der Waals surface area contributed by atoms with E-state index in [1.165, 1.54) is 11.8 Å². The maximum absolute atomic E-state index is 14.3. The fraction of sp³-hybridized carbons (Fsp3) is 0.250. The van der Waals surface area contributed by atoms with Gasteiger partial charge in [0, 0.05) is 47.0 Å². The summed E-state index contributed by atoms with van der Waals surface area (Å²) in [6.07, 6.45) is 3.16. The van der Waals surface area contributed by atoms with E-state index in [0.717, 1.165) is 28.5 Å². The highest BCUT2D eigenvalue weighted by Crippen LogP contribution is 2.54. The Hall–Kier alpha value is -4.76. The van der Waals surface area contributed by atoms with E-state index in [0.29, 0.717) is 29.0 Å². The number of H-pyrrole nitrogens is 1. The van der Waals surface area contributed by atoms with E-state index in [2.05, 4.69) is 20.9 Å². The molecule has 41 heavy (non-hydrogen) atoms. The summed E-state index contributed by atoms with van der Waals surface area (Å²) < 4.78 is 0. The SMILES string of the molecule is CCc1ccc2c(c1)C1(NC(Cc3c[nH]c4ccccc34)C3C(=O)N(c4ccc(NC(C)=O)cc4)C(=O)C31)C(=O)N2. The number of imide groups is 1. The fourth-order valence-corrected chi connectivity index (χ4v) is 6.93. The Morgan fingerprint density at radius 1 is 1.00 bits per heavy atom. The number of nitrogens with one attached hydrogen (secondary N) is 4. The Morgan fingerprint density at radius 2 is 1.78 bits per heavy atom. The van der Waals surface area contributed by atoms with E-state index in [-0.39, 0.29) is 17.7 Å². The van der Waals surface area contributed by atoms with Crippen LogP contribution in [0.15, 0.2) is 72.9 Å². The number of aromatic amines is 1. The minimum absolute atomic E-state index is 0.217. The summed E-state index contributed by atoms with van der Waals surface area (Å²) >= 11 is 0. The number of aromatic nitrogens is 1. The first kappa shape index (κ1) is 25.2. The van der Waals surface area contributed by atoms with E-state index in [1.54, 1.807) is 24.3 Å². The Labute approximate surface area is 236 Å². The van der Waals surface area contributed by atoms with Gasteiger partial charge in [-0.3, -0.25) is 24.5 Å². The first-order valence-corrected chi connectivity index (χ1v) is 13.8. The Kier molecular flexibility index (Phi) is 5.62. The van der Waals surface area contributed by atoms with Gasteiger partial charge in [0.1, 0.15) is 5.54 Å². The van der Waals surface area contributed by atoms with Crippen LogP contribution in [-0.4, -0.2) is 34.7 Å². The van der Waals surface area contributed by atoms with Gasteiger partial charge in [0.05, 0.1) is 17.5 Å². The second-order valence-electron chi connectivity index (χ2n) is 11.1. The molecule has 2 saturated heterocycles. The van der Waals surface area contributed by atoms with Crippen molar-refractivity contribution in [1.82, 2.24) is 10.3 Å². The van der Waals surface area contributed by atoms with Gasteiger partial charge in [0.2, 0.25) is 23.6 Å². The molecule has 9 heteroatoms. The van der Waals surface area contributed by atoms with Crippen LogP contribution >= 0.6 is 0 Å². The molecule has 3 aromatic carbocycles. The molecule has 1 spiro atoms. The Bertz CT molecular complexity index is 1760. The number of carbonyl (C=O) groups excluding carboxylic acids is 4. The molecule has 4 N–H and O–H groups in total. The van der Waals surface area contributed by atoms with E-state index in [4.69, 9.17) is 0 Å². The first-order chi connectivity index (χ1) is 19.8. The summed E-state index contributed by atoms with van der Waals surface area (Å²) in [5.41, 5.74) is 4.00. The van der Waals surface area contributed by atoms with Crippen molar-refractivity contribution in [2.24, 2.45) is 11.8 Å². The molecule has 1 aromatic heterocycles. The van der Waals surface area contributed by atoms with Gasteiger partial charge < -0.3 is 15.6 Å². The molecular weight excluding hydrogens is 518 g/mol. The molecule has 4 atom stereocenters. The van der Waals surface area contributed by atoms with Crippen molar-refractivity contribution < 1.29 is 19.2 Å². The molecule has 0 bridgehead atoms.